The summed E-state index contributed by atoms with van der Waals surface area (Å²) < 4.78 is 10.4. The molecule has 0 spiro atoms. The zero-order valence-corrected chi connectivity index (χ0v) is 8.22. The first-order valence-electron chi connectivity index (χ1n) is 4.73. The van der Waals surface area contributed by atoms with E-state index in [1.165, 1.54) is 6.20 Å². The lowest BCUT2D eigenvalue weighted by atomic mass is 10.3. The third-order valence-corrected chi connectivity index (χ3v) is 2.02. The van der Waals surface area contributed by atoms with Crippen molar-refractivity contribution in [1.82, 2.24) is 5.16 Å². The summed E-state index contributed by atoms with van der Waals surface area (Å²) in [5.41, 5.74) is 6.18. The molecule has 1 aromatic heterocycles. The number of ether oxygens (including phenoxy) is 1. The highest BCUT2D eigenvalue weighted by Crippen LogP contribution is 2.12. The van der Waals surface area contributed by atoms with Crippen LogP contribution in [0.25, 0.3) is 0 Å². The molecule has 78 valence electrons. The Morgan fingerprint density at radius 1 is 1.27 bits per heavy atom. The van der Waals surface area contributed by atoms with Crippen molar-refractivity contribution in [3.63, 3.8) is 0 Å². The van der Waals surface area contributed by atoms with Crippen molar-refractivity contribution in [2.75, 3.05) is 12.3 Å². The molecular weight excluding hydrogens is 192 g/mol. The molecule has 0 aliphatic heterocycles. The predicted octanol–water partition coefficient (Wildman–Crippen LogP) is 1.88. The van der Waals surface area contributed by atoms with Gasteiger partial charge in [0, 0.05) is 6.42 Å². The average Bonchev–Trinajstić information content (AvgIpc) is 2.66. The van der Waals surface area contributed by atoms with E-state index >= 15 is 0 Å². The number of para-hydroxylation sites is 1. The van der Waals surface area contributed by atoms with Gasteiger partial charge in [-0.2, -0.15) is 0 Å². The number of benzene rings is 1. The zero-order chi connectivity index (χ0) is 10.5. The number of anilines is 1. The van der Waals surface area contributed by atoms with Gasteiger partial charge in [0.05, 0.1) is 18.5 Å². The Kier molecular flexibility index (Phi) is 2.88. The minimum Gasteiger partial charge on any atom is -0.493 e. The maximum Gasteiger partial charge on any atom is 0.162 e. The molecule has 0 saturated heterocycles. The van der Waals surface area contributed by atoms with Crippen LogP contribution in [0, 0.1) is 0 Å². The molecule has 0 saturated carbocycles. The smallest absolute Gasteiger partial charge is 0.162 e. The van der Waals surface area contributed by atoms with Crippen LogP contribution in [0.2, 0.25) is 0 Å². The summed E-state index contributed by atoms with van der Waals surface area (Å²) in [6, 6.07) is 9.62. The maximum atomic E-state index is 5.61. The van der Waals surface area contributed by atoms with E-state index in [9.17, 15) is 0 Å². The molecule has 1 aromatic carbocycles. The summed E-state index contributed by atoms with van der Waals surface area (Å²) in [6.07, 6.45) is 2.12. The second-order valence-electron chi connectivity index (χ2n) is 3.12. The highest BCUT2D eigenvalue weighted by Gasteiger charge is 2.03. The number of rotatable bonds is 4. The average molecular weight is 204 g/mol. The largest absolute Gasteiger partial charge is 0.493 e. The Balaban J connectivity index is 1.83. The first-order valence-corrected chi connectivity index (χ1v) is 4.73. The van der Waals surface area contributed by atoms with Gasteiger partial charge >= 0.3 is 0 Å². The lowest BCUT2D eigenvalue weighted by Gasteiger charge is -2.03. The van der Waals surface area contributed by atoms with Gasteiger partial charge in [0.15, 0.2) is 5.76 Å². The Bertz CT molecular complexity index is 412. The van der Waals surface area contributed by atoms with Crippen molar-refractivity contribution in [3.05, 3.63) is 42.3 Å². The van der Waals surface area contributed by atoms with Crippen LogP contribution in [0.1, 0.15) is 5.76 Å². The summed E-state index contributed by atoms with van der Waals surface area (Å²) in [4.78, 5) is 0. The molecule has 0 aliphatic rings. The van der Waals surface area contributed by atoms with Crippen molar-refractivity contribution in [2.24, 2.45) is 0 Å². The van der Waals surface area contributed by atoms with E-state index in [2.05, 4.69) is 5.16 Å². The van der Waals surface area contributed by atoms with E-state index in [1.807, 2.05) is 30.3 Å². The van der Waals surface area contributed by atoms with Crippen LogP contribution >= 0.6 is 0 Å². The molecule has 0 amide bonds. The summed E-state index contributed by atoms with van der Waals surface area (Å²) in [5, 5.41) is 3.59. The molecule has 4 heteroatoms. The number of nitrogens with two attached hydrogens (primary N) is 1. The SMILES string of the molecule is Nc1cnoc1CCOc1ccccc1. The molecule has 0 fully saturated rings. The second-order valence-corrected chi connectivity index (χ2v) is 3.12. The Labute approximate surface area is 87.6 Å². The number of hydrogen-bond acceptors (Lipinski definition) is 4. The molecule has 2 rings (SSSR count). The molecule has 15 heavy (non-hydrogen) atoms. The normalized spacial score (nSPS) is 10.1. The minimum atomic E-state index is 0.531. The van der Waals surface area contributed by atoms with E-state index in [0.29, 0.717) is 24.5 Å². The zero-order valence-electron chi connectivity index (χ0n) is 8.22. The minimum absolute atomic E-state index is 0.531. The Hall–Kier alpha value is -1.97. The molecule has 4 nitrogen and oxygen atoms in total. The first kappa shape index (κ1) is 9.58. The van der Waals surface area contributed by atoms with Gasteiger partial charge in [0.25, 0.3) is 0 Å². The molecular formula is C11H12N2O2. The van der Waals surface area contributed by atoms with E-state index in [1.54, 1.807) is 0 Å². The van der Waals surface area contributed by atoms with E-state index in [-0.39, 0.29) is 0 Å². The van der Waals surface area contributed by atoms with Crippen LogP contribution in [0.15, 0.2) is 41.1 Å². The Morgan fingerprint density at radius 3 is 2.73 bits per heavy atom. The van der Waals surface area contributed by atoms with Crippen LogP contribution in [-0.2, 0) is 6.42 Å². The monoisotopic (exact) mass is 204 g/mol. The molecule has 0 aliphatic carbocycles. The molecule has 2 aromatic rings. The van der Waals surface area contributed by atoms with E-state index < -0.39 is 0 Å². The number of hydrogen-bond donors (Lipinski definition) is 1. The highest BCUT2D eigenvalue weighted by atomic mass is 16.5. The number of nitrogens with zero attached hydrogens (tertiary/aromatic N) is 1. The van der Waals surface area contributed by atoms with Crippen LogP contribution in [0.3, 0.4) is 0 Å². The topological polar surface area (TPSA) is 61.3 Å². The van der Waals surface area contributed by atoms with Gasteiger partial charge in [-0.15, -0.1) is 0 Å². The van der Waals surface area contributed by atoms with Gasteiger partial charge in [-0.05, 0) is 12.1 Å². The van der Waals surface area contributed by atoms with Crippen LogP contribution in [0.5, 0.6) is 5.75 Å². The molecule has 0 atom stereocenters. The van der Waals surface area contributed by atoms with E-state index in [0.717, 1.165) is 5.75 Å². The van der Waals surface area contributed by atoms with Crippen molar-refractivity contribution in [2.45, 2.75) is 6.42 Å². The van der Waals surface area contributed by atoms with Crippen molar-refractivity contribution < 1.29 is 9.26 Å². The first-order chi connectivity index (χ1) is 7.36. The molecule has 1 heterocycles. The summed E-state index contributed by atoms with van der Waals surface area (Å²) >= 11 is 0. The van der Waals surface area contributed by atoms with Crippen LogP contribution in [0.4, 0.5) is 5.69 Å². The maximum absolute atomic E-state index is 5.61. The van der Waals surface area contributed by atoms with Gasteiger partial charge < -0.3 is 15.0 Å². The highest BCUT2D eigenvalue weighted by molar-refractivity contribution is 5.38. The standard InChI is InChI=1S/C11H12N2O2/c12-10-8-13-15-11(10)6-7-14-9-4-2-1-3-5-9/h1-5,8H,6-7,12H2. The Morgan fingerprint density at radius 2 is 2.07 bits per heavy atom. The lowest BCUT2D eigenvalue weighted by Crippen LogP contribution is -2.02. The molecule has 2 N–H and O–H groups in total. The third kappa shape index (κ3) is 2.49. The van der Waals surface area contributed by atoms with Gasteiger partial charge in [0.2, 0.25) is 0 Å². The third-order valence-electron chi connectivity index (χ3n) is 2.02. The molecule has 0 unspecified atom stereocenters. The summed E-state index contributed by atoms with van der Waals surface area (Å²) in [5.74, 6) is 1.52. The lowest BCUT2D eigenvalue weighted by molar-refractivity contribution is 0.296. The fraction of sp³-hybridized carbons (Fsp3) is 0.182. The van der Waals surface area contributed by atoms with Crippen molar-refractivity contribution in [3.8, 4) is 5.75 Å². The van der Waals surface area contributed by atoms with Gasteiger partial charge in [-0.1, -0.05) is 23.4 Å². The van der Waals surface area contributed by atoms with Crippen molar-refractivity contribution >= 4 is 5.69 Å². The predicted molar refractivity (Wildman–Crippen MR) is 56.6 cm³/mol. The molecule has 0 radical (unpaired) electrons. The van der Waals surface area contributed by atoms with Crippen LogP contribution in [-0.4, -0.2) is 11.8 Å². The van der Waals surface area contributed by atoms with Gasteiger partial charge in [-0.3, -0.25) is 0 Å². The summed E-state index contributed by atoms with van der Waals surface area (Å²) in [7, 11) is 0. The summed E-state index contributed by atoms with van der Waals surface area (Å²) in [6.45, 7) is 0.531. The van der Waals surface area contributed by atoms with Crippen LogP contribution < -0.4 is 10.5 Å². The molecule has 0 bridgehead atoms. The number of aromatic nitrogens is 1. The van der Waals surface area contributed by atoms with Gasteiger partial charge in [0.1, 0.15) is 5.75 Å². The quantitative estimate of drug-likeness (QED) is 0.825. The van der Waals surface area contributed by atoms with E-state index in [4.69, 9.17) is 15.0 Å². The fourth-order valence-electron chi connectivity index (χ4n) is 1.24. The number of nitrogen functional groups attached to an aromatic ring is 1. The van der Waals surface area contributed by atoms with Crippen molar-refractivity contribution in [1.29, 1.82) is 0 Å². The second kappa shape index (κ2) is 4.50. The fourth-order valence-corrected chi connectivity index (χ4v) is 1.24. The van der Waals surface area contributed by atoms with Gasteiger partial charge in [-0.25, -0.2) is 0 Å².